The molecule has 0 atom stereocenters. The van der Waals surface area contributed by atoms with Gasteiger partial charge in [0.05, 0.1) is 4.34 Å². The summed E-state index contributed by atoms with van der Waals surface area (Å²) >= 11 is 7.32. The van der Waals surface area contributed by atoms with Crippen molar-refractivity contribution in [2.24, 2.45) is 0 Å². The number of hydrogen-bond acceptors (Lipinski definition) is 1. The van der Waals surface area contributed by atoms with Crippen LogP contribution in [0, 0.1) is 6.07 Å². The van der Waals surface area contributed by atoms with Crippen molar-refractivity contribution in [1.29, 1.82) is 0 Å². The Kier molecular flexibility index (Phi) is 1.40. The fraction of sp³-hybridized carbons (Fsp3) is 0. The molecule has 0 spiro atoms. The van der Waals surface area contributed by atoms with Crippen molar-refractivity contribution >= 4 is 22.9 Å². The molecule has 2 aliphatic rings. The molecule has 0 unspecified atom stereocenters. The maximum atomic E-state index is 5.77. The molecule has 1 radical (unpaired) electrons. The van der Waals surface area contributed by atoms with Crippen LogP contribution >= 0.6 is 22.9 Å². The van der Waals surface area contributed by atoms with Crippen LogP contribution in [0.25, 0.3) is 11.1 Å². The van der Waals surface area contributed by atoms with Gasteiger partial charge < -0.3 is 0 Å². The molecule has 2 heteroatoms. The second-order valence-corrected chi connectivity index (χ2v) is 3.57. The van der Waals surface area contributed by atoms with Gasteiger partial charge in [-0.3, -0.25) is 0 Å². The highest BCUT2D eigenvalue weighted by atomic mass is 35.5. The van der Waals surface area contributed by atoms with Gasteiger partial charge in [-0.25, -0.2) is 0 Å². The highest BCUT2D eigenvalue weighted by molar-refractivity contribution is 7.14. The summed E-state index contributed by atoms with van der Waals surface area (Å²) < 4.78 is 0.815. The van der Waals surface area contributed by atoms with E-state index in [4.69, 9.17) is 11.6 Å². The standard InChI is InChI=1S/C8H4ClS/c9-8-4-6-2-1-3-7(6)5-10-8/h1,3-5H. The lowest BCUT2D eigenvalue weighted by Gasteiger charge is -1.94. The average molecular weight is 168 g/mol. The van der Waals surface area contributed by atoms with Crippen molar-refractivity contribution in [2.75, 3.05) is 0 Å². The molecule has 0 aromatic carbocycles. The zero-order valence-corrected chi connectivity index (χ0v) is 6.67. The summed E-state index contributed by atoms with van der Waals surface area (Å²) in [5, 5.41) is 2.04. The first-order valence-electron chi connectivity index (χ1n) is 2.91. The number of rotatable bonds is 0. The Hall–Kier alpha value is -0.530. The molecule has 1 aliphatic heterocycles. The second kappa shape index (κ2) is 2.26. The van der Waals surface area contributed by atoms with Crippen LogP contribution in [0.4, 0.5) is 0 Å². The molecule has 1 aliphatic carbocycles. The SMILES string of the molecule is Clc1cc2[c]ccc-2cs1. The highest BCUT2D eigenvalue weighted by Gasteiger charge is 2.00. The highest BCUT2D eigenvalue weighted by Crippen LogP contribution is 2.28. The van der Waals surface area contributed by atoms with Gasteiger partial charge in [-0.2, -0.15) is 0 Å². The van der Waals surface area contributed by atoms with Gasteiger partial charge in [0.15, 0.2) is 0 Å². The predicted octanol–water partition coefficient (Wildman–Crippen LogP) is 3.31. The molecule has 0 aromatic heterocycles. The predicted molar refractivity (Wildman–Crippen MR) is 44.8 cm³/mol. The van der Waals surface area contributed by atoms with Crippen molar-refractivity contribution in [3.05, 3.63) is 34.0 Å². The van der Waals surface area contributed by atoms with Crippen molar-refractivity contribution in [1.82, 2.24) is 0 Å². The van der Waals surface area contributed by atoms with Crippen molar-refractivity contribution in [2.45, 2.75) is 0 Å². The Morgan fingerprint density at radius 2 is 2.40 bits per heavy atom. The fourth-order valence-electron chi connectivity index (χ4n) is 0.889. The lowest BCUT2D eigenvalue weighted by atomic mass is 10.2. The van der Waals surface area contributed by atoms with Crippen LogP contribution in [-0.2, 0) is 0 Å². The van der Waals surface area contributed by atoms with E-state index in [1.807, 2.05) is 23.6 Å². The van der Waals surface area contributed by atoms with Crippen LogP contribution < -0.4 is 0 Å². The second-order valence-electron chi connectivity index (χ2n) is 2.03. The molecule has 0 bridgehead atoms. The summed E-state index contributed by atoms with van der Waals surface area (Å²) in [4.78, 5) is 0. The van der Waals surface area contributed by atoms with Gasteiger partial charge in [0.1, 0.15) is 0 Å². The summed E-state index contributed by atoms with van der Waals surface area (Å²) in [6.07, 6.45) is 0. The Balaban J connectivity index is 2.75. The first kappa shape index (κ1) is 6.20. The van der Waals surface area contributed by atoms with E-state index in [9.17, 15) is 0 Å². The Morgan fingerprint density at radius 1 is 1.50 bits per heavy atom. The third-order valence-corrected chi connectivity index (χ3v) is 2.46. The monoisotopic (exact) mass is 167 g/mol. The van der Waals surface area contributed by atoms with Crippen LogP contribution in [0.1, 0.15) is 0 Å². The van der Waals surface area contributed by atoms with E-state index in [0.29, 0.717) is 0 Å². The summed E-state index contributed by atoms with van der Waals surface area (Å²) in [5.41, 5.74) is 2.32. The molecule has 0 N–H and O–H groups in total. The number of hydrogen-bond donors (Lipinski definition) is 0. The van der Waals surface area contributed by atoms with Gasteiger partial charge >= 0.3 is 0 Å². The zero-order valence-electron chi connectivity index (χ0n) is 5.10. The first-order chi connectivity index (χ1) is 4.86. The molecule has 0 fully saturated rings. The maximum Gasteiger partial charge on any atom is 0.0934 e. The van der Waals surface area contributed by atoms with Crippen molar-refractivity contribution < 1.29 is 0 Å². The molecule has 49 valence electrons. The molecule has 0 saturated heterocycles. The molecular weight excluding hydrogens is 164 g/mol. The largest absolute Gasteiger partial charge is 0.131 e. The summed E-state index contributed by atoms with van der Waals surface area (Å²) in [6, 6.07) is 8.96. The van der Waals surface area contributed by atoms with E-state index < -0.39 is 0 Å². The minimum absolute atomic E-state index is 0.815. The van der Waals surface area contributed by atoms with Crippen LogP contribution in [0.2, 0.25) is 4.34 Å². The quantitative estimate of drug-likeness (QED) is 0.565. The Morgan fingerprint density at radius 3 is 3.30 bits per heavy atom. The molecule has 0 aromatic rings. The number of halogens is 1. The lowest BCUT2D eigenvalue weighted by Crippen LogP contribution is -1.67. The minimum atomic E-state index is 0.815. The van der Waals surface area contributed by atoms with Gasteiger partial charge in [-0.15, -0.1) is 11.3 Å². The van der Waals surface area contributed by atoms with Crippen LogP contribution in [-0.4, -0.2) is 0 Å². The van der Waals surface area contributed by atoms with Gasteiger partial charge in [0.25, 0.3) is 0 Å². The molecule has 1 heterocycles. The van der Waals surface area contributed by atoms with Crippen molar-refractivity contribution in [3.8, 4) is 11.1 Å². The van der Waals surface area contributed by atoms with E-state index in [2.05, 4.69) is 6.07 Å². The van der Waals surface area contributed by atoms with E-state index in [-0.39, 0.29) is 0 Å². The summed E-state index contributed by atoms with van der Waals surface area (Å²) in [5.74, 6) is 0. The van der Waals surface area contributed by atoms with E-state index in [1.54, 1.807) is 11.3 Å². The van der Waals surface area contributed by atoms with Gasteiger partial charge in [0, 0.05) is 5.38 Å². The number of fused-ring (bicyclic) bond motifs is 1. The molecule has 0 amide bonds. The summed E-state index contributed by atoms with van der Waals surface area (Å²) in [6.45, 7) is 0. The minimum Gasteiger partial charge on any atom is -0.131 e. The molecule has 10 heavy (non-hydrogen) atoms. The zero-order chi connectivity index (χ0) is 6.97. The van der Waals surface area contributed by atoms with Gasteiger partial charge in [-0.05, 0) is 23.3 Å². The maximum absolute atomic E-state index is 5.77. The topological polar surface area (TPSA) is 0 Å². The first-order valence-corrected chi connectivity index (χ1v) is 4.16. The Bertz CT molecular complexity index is 313. The Labute approximate surface area is 68.4 Å². The van der Waals surface area contributed by atoms with E-state index in [0.717, 1.165) is 9.90 Å². The molecular formula is C8H4ClS. The fourth-order valence-corrected chi connectivity index (χ4v) is 1.76. The third-order valence-electron chi connectivity index (χ3n) is 1.37. The smallest absolute Gasteiger partial charge is 0.0934 e. The van der Waals surface area contributed by atoms with Crippen LogP contribution in [0.15, 0.2) is 23.6 Å². The van der Waals surface area contributed by atoms with E-state index in [1.165, 1.54) is 5.56 Å². The lowest BCUT2D eigenvalue weighted by molar-refractivity contribution is 1.83. The van der Waals surface area contributed by atoms with Crippen LogP contribution in [0.3, 0.4) is 0 Å². The molecule has 0 saturated carbocycles. The average Bonchev–Trinajstić information content (AvgIpc) is 2.33. The van der Waals surface area contributed by atoms with Crippen LogP contribution in [0.5, 0.6) is 0 Å². The molecule has 0 nitrogen and oxygen atoms in total. The normalized spacial score (nSPS) is 10.5. The van der Waals surface area contributed by atoms with Gasteiger partial charge in [-0.1, -0.05) is 23.7 Å². The van der Waals surface area contributed by atoms with E-state index >= 15 is 0 Å². The molecule has 2 rings (SSSR count). The van der Waals surface area contributed by atoms with Gasteiger partial charge in [0.2, 0.25) is 0 Å². The van der Waals surface area contributed by atoms with Crippen molar-refractivity contribution in [3.63, 3.8) is 0 Å². The summed E-state index contributed by atoms with van der Waals surface area (Å²) in [7, 11) is 0. The third kappa shape index (κ3) is 0.917.